The molecule has 1 aromatic heterocycles. The van der Waals surface area contributed by atoms with Gasteiger partial charge in [-0.05, 0) is 12.5 Å². The third kappa shape index (κ3) is 4.66. The van der Waals surface area contributed by atoms with E-state index in [-0.39, 0.29) is 13.0 Å². The van der Waals surface area contributed by atoms with Crippen molar-refractivity contribution in [1.82, 2.24) is 4.98 Å². The first-order valence-corrected chi connectivity index (χ1v) is 6.72. The largest absolute Gasteiger partial charge is 0.497 e. The van der Waals surface area contributed by atoms with Crippen LogP contribution < -0.4 is 10.5 Å². The molecule has 0 spiro atoms. The number of aliphatic carboxylic acids is 1. The van der Waals surface area contributed by atoms with Gasteiger partial charge in [-0.1, -0.05) is 6.92 Å². The summed E-state index contributed by atoms with van der Waals surface area (Å²) in [6.07, 6.45) is 2.04. The topological polar surface area (TPSA) is 115 Å². The Morgan fingerprint density at radius 1 is 1.57 bits per heavy atom. The van der Waals surface area contributed by atoms with Gasteiger partial charge in [0.15, 0.2) is 5.60 Å². The van der Waals surface area contributed by atoms with Crippen molar-refractivity contribution in [3.8, 4) is 5.75 Å². The van der Waals surface area contributed by atoms with Gasteiger partial charge in [0.25, 0.3) is 0 Å². The zero-order valence-electron chi connectivity index (χ0n) is 12.3. The molecule has 0 fully saturated rings. The van der Waals surface area contributed by atoms with Crippen LogP contribution in [0.15, 0.2) is 18.3 Å². The highest BCUT2D eigenvalue weighted by atomic mass is 16.5. The van der Waals surface area contributed by atoms with Gasteiger partial charge in [-0.25, -0.2) is 4.79 Å². The van der Waals surface area contributed by atoms with Gasteiger partial charge in [-0.3, -0.25) is 4.98 Å². The molecule has 0 aromatic carbocycles. The molecule has 0 aliphatic heterocycles. The van der Waals surface area contributed by atoms with Crippen LogP contribution in [0.3, 0.4) is 0 Å². The summed E-state index contributed by atoms with van der Waals surface area (Å²) in [4.78, 5) is 15.4. The van der Waals surface area contributed by atoms with E-state index in [1.165, 1.54) is 13.3 Å². The second-order valence-electron chi connectivity index (χ2n) is 4.77. The predicted octanol–water partition coefficient (Wildman–Crippen LogP) is 0.202. The summed E-state index contributed by atoms with van der Waals surface area (Å²) in [6.45, 7) is 2.34. The van der Waals surface area contributed by atoms with Crippen molar-refractivity contribution in [2.45, 2.75) is 31.4 Å². The second kappa shape index (κ2) is 7.92. The number of hydrogen-bond acceptors (Lipinski definition) is 6. The summed E-state index contributed by atoms with van der Waals surface area (Å²) in [6, 6.07) is 2.13. The third-order valence-corrected chi connectivity index (χ3v) is 3.10. The fraction of sp³-hybridized carbons (Fsp3) is 0.571. The molecular weight excluding hydrogens is 276 g/mol. The van der Waals surface area contributed by atoms with Crippen molar-refractivity contribution in [3.05, 3.63) is 24.0 Å². The highest BCUT2D eigenvalue weighted by Crippen LogP contribution is 2.19. The zero-order chi connectivity index (χ0) is 15.9. The number of nitrogens with zero attached hydrogens (tertiary/aromatic N) is 1. The van der Waals surface area contributed by atoms with Crippen LogP contribution in [0.4, 0.5) is 0 Å². The van der Waals surface area contributed by atoms with E-state index in [2.05, 4.69) is 4.98 Å². The minimum absolute atomic E-state index is 0.0411. The number of pyridine rings is 1. The first-order valence-electron chi connectivity index (χ1n) is 6.72. The van der Waals surface area contributed by atoms with Gasteiger partial charge in [0.2, 0.25) is 0 Å². The molecule has 2 atom stereocenters. The van der Waals surface area contributed by atoms with Crippen molar-refractivity contribution >= 4 is 5.97 Å². The first kappa shape index (κ1) is 17.4. The van der Waals surface area contributed by atoms with Gasteiger partial charge < -0.3 is 25.4 Å². The highest BCUT2D eigenvalue weighted by Gasteiger charge is 2.43. The maximum atomic E-state index is 11.4. The Balaban J connectivity index is 2.86. The number of nitrogens with two attached hydrogens (primary N) is 1. The lowest BCUT2D eigenvalue weighted by molar-refractivity contribution is -0.162. The summed E-state index contributed by atoms with van der Waals surface area (Å²) in [5.74, 6) is -0.872. The van der Waals surface area contributed by atoms with E-state index < -0.39 is 17.6 Å². The summed E-state index contributed by atoms with van der Waals surface area (Å²) < 4.78 is 10.3. The molecule has 0 bridgehead atoms. The number of aliphatic hydroxyl groups is 1. The van der Waals surface area contributed by atoms with Crippen LogP contribution in [0.25, 0.3) is 0 Å². The Morgan fingerprint density at radius 3 is 2.86 bits per heavy atom. The molecule has 0 unspecified atom stereocenters. The summed E-state index contributed by atoms with van der Waals surface area (Å²) in [5.41, 5.74) is 4.03. The molecule has 0 aliphatic rings. The average Bonchev–Trinajstić information content (AvgIpc) is 2.47. The van der Waals surface area contributed by atoms with Gasteiger partial charge in [-0.2, -0.15) is 0 Å². The fourth-order valence-electron chi connectivity index (χ4n) is 1.81. The Bertz CT molecular complexity index is 468. The van der Waals surface area contributed by atoms with Crippen LogP contribution in [0.2, 0.25) is 0 Å². The standard InChI is InChI=1S/C14H22N2O5/c1-3-6-21-9-12(15)14(19,13(17)18)8-10-7-11(20-2)4-5-16-10/h4-5,7,12,19H,3,6,8-9,15H2,1-2H3,(H,17,18)/t12-,14+/m0/s1. The van der Waals surface area contributed by atoms with Crippen LogP contribution in [0, 0.1) is 0 Å². The van der Waals surface area contributed by atoms with Crippen molar-refractivity contribution < 1.29 is 24.5 Å². The fourth-order valence-corrected chi connectivity index (χ4v) is 1.81. The second-order valence-corrected chi connectivity index (χ2v) is 4.77. The number of carbonyl (C=O) groups is 1. The monoisotopic (exact) mass is 298 g/mol. The van der Waals surface area contributed by atoms with Crippen LogP contribution in [-0.4, -0.2) is 53.1 Å². The Kier molecular flexibility index (Phi) is 6.54. The molecule has 7 nitrogen and oxygen atoms in total. The molecule has 1 rings (SSSR count). The van der Waals surface area contributed by atoms with Gasteiger partial charge >= 0.3 is 5.97 Å². The van der Waals surface area contributed by atoms with E-state index >= 15 is 0 Å². The molecule has 21 heavy (non-hydrogen) atoms. The smallest absolute Gasteiger partial charge is 0.337 e. The van der Waals surface area contributed by atoms with Crippen LogP contribution >= 0.6 is 0 Å². The minimum Gasteiger partial charge on any atom is -0.497 e. The average molecular weight is 298 g/mol. The number of hydrogen-bond donors (Lipinski definition) is 3. The number of aromatic nitrogens is 1. The van der Waals surface area contributed by atoms with Crippen LogP contribution in [0.1, 0.15) is 19.0 Å². The SMILES string of the molecule is CCCOC[C@H](N)[C@](O)(Cc1cc(OC)ccn1)C(=O)O. The quantitative estimate of drug-likeness (QED) is 0.558. The normalized spacial score (nSPS) is 15.2. The maximum Gasteiger partial charge on any atom is 0.337 e. The number of ether oxygens (including phenoxy) is 2. The first-order chi connectivity index (χ1) is 9.93. The Labute approximate surface area is 123 Å². The van der Waals surface area contributed by atoms with Crippen molar-refractivity contribution in [2.75, 3.05) is 20.3 Å². The molecule has 0 aliphatic carbocycles. The van der Waals surface area contributed by atoms with Crippen molar-refractivity contribution in [2.24, 2.45) is 5.73 Å². The predicted molar refractivity (Wildman–Crippen MR) is 76.2 cm³/mol. The zero-order valence-corrected chi connectivity index (χ0v) is 12.3. The number of rotatable bonds is 9. The van der Waals surface area contributed by atoms with Gasteiger partial charge in [0.1, 0.15) is 5.75 Å². The molecule has 0 radical (unpaired) electrons. The van der Waals surface area contributed by atoms with E-state index in [1.54, 1.807) is 12.1 Å². The molecule has 0 amide bonds. The highest BCUT2D eigenvalue weighted by molar-refractivity contribution is 5.78. The Hall–Kier alpha value is -1.70. The molecule has 1 heterocycles. The van der Waals surface area contributed by atoms with Crippen LogP contribution in [-0.2, 0) is 16.0 Å². The van der Waals surface area contributed by atoms with E-state index in [4.69, 9.17) is 15.2 Å². The molecule has 0 saturated carbocycles. The van der Waals surface area contributed by atoms with Gasteiger partial charge in [0, 0.05) is 31.0 Å². The van der Waals surface area contributed by atoms with Crippen LogP contribution in [0.5, 0.6) is 5.75 Å². The van der Waals surface area contributed by atoms with Crippen molar-refractivity contribution in [3.63, 3.8) is 0 Å². The summed E-state index contributed by atoms with van der Waals surface area (Å²) in [5, 5.41) is 19.7. The number of methoxy groups -OCH3 is 1. The lowest BCUT2D eigenvalue weighted by atomic mass is 9.89. The Morgan fingerprint density at radius 2 is 2.29 bits per heavy atom. The lowest BCUT2D eigenvalue weighted by Crippen LogP contribution is -2.57. The van der Waals surface area contributed by atoms with E-state index in [0.717, 1.165) is 6.42 Å². The maximum absolute atomic E-state index is 11.4. The lowest BCUT2D eigenvalue weighted by Gasteiger charge is -2.29. The molecular formula is C14H22N2O5. The van der Waals surface area contributed by atoms with E-state index in [1.807, 2.05) is 6.92 Å². The molecule has 118 valence electrons. The van der Waals surface area contributed by atoms with E-state index in [0.29, 0.717) is 18.1 Å². The summed E-state index contributed by atoms with van der Waals surface area (Å²) in [7, 11) is 1.49. The molecule has 4 N–H and O–H groups in total. The van der Waals surface area contributed by atoms with Gasteiger partial charge in [-0.15, -0.1) is 0 Å². The van der Waals surface area contributed by atoms with Crippen molar-refractivity contribution in [1.29, 1.82) is 0 Å². The van der Waals surface area contributed by atoms with Gasteiger partial charge in [0.05, 0.1) is 19.8 Å². The molecule has 0 saturated heterocycles. The number of carboxylic acid groups (broad SMARTS) is 1. The molecule has 1 aromatic rings. The molecule has 7 heteroatoms. The minimum atomic E-state index is -2.15. The number of carboxylic acids is 1. The van der Waals surface area contributed by atoms with E-state index in [9.17, 15) is 15.0 Å². The summed E-state index contributed by atoms with van der Waals surface area (Å²) >= 11 is 0. The third-order valence-electron chi connectivity index (χ3n) is 3.10.